The van der Waals surface area contributed by atoms with Crippen LogP contribution in [0.5, 0.6) is 5.75 Å². The van der Waals surface area contributed by atoms with Crippen LogP contribution in [0.3, 0.4) is 0 Å². The average Bonchev–Trinajstić information content (AvgIpc) is 2.41. The molecule has 2 aromatic rings. The van der Waals surface area contributed by atoms with Gasteiger partial charge in [0.05, 0.1) is 12.2 Å². The Morgan fingerprint density at radius 1 is 1.21 bits per heavy atom. The number of aliphatic hydroxyl groups excluding tert-OH is 1. The molecule has 0 aliphatic rings. The normalized spacial score (nSPS) is 10.2. The first-order chi connectivity index (χ1) is 9.10. The molecular formula is C15H15NO3. The molecule has 0 unspecified atom stereocenters. The van der Waals surface area contributed by atoms with Crippen molar-refractivity contribution in [2.45, 2.75) is 13.5 Å². The van der Waals surface area contributed by atoms with Gasteiger partial charge in [0.15, 0.2) is 0 Å². The Hall–Kier alpha value is -2.33. The number of rotatable bonds is 3. The van der Waals surface area contributed by atoms with E-state index in [1.54, 1.807) is 36.4 Å². The predicted octanol–water partition coefficient (Wildman–Crippen LogP) is 2.45. The van der Waals surface area contributed by atoms with Crippen LogP contribution in [-0.2, 0) is 6.61 Å². The van der Waals surface area contributed by atoms with Gasteiger partial charge in [-0.05, 0) is 36.8 Å². The second-order valence-electron chi connectivity index (χ2n) is 4.33. The summed E-state index contributed by atoms with van der Waals surface area (Å²) in [5.74, 6) is -0.433. The van der Waals surface area contributed by atoms with Crippen LogP contribution in [0.2, 0.25) is 0 Å². The third kappa shape index (κ3) is 3.11. The number of hydrogen-bond donors (Lipinski definition) is 3. The molecule has 0 spiro atoms. The zero-order valence-corrected chi connectivity index (χ0v) is 10.6. The maximum Gasteiger partial charge on any atom is 0.259 e. The molecular weight excluding hydrogens is 242 g/mol. The standard InChI is InChI=1S/C15H15NO3/c1-10-5-6-14(18)13(7-10)15(19)16-12-4-2-3-11(8-12)9-17/h2-8,17-18H,9H2,1H3,(H,16,19). The van der Waals surface area contributed by atoms with Gasteiger partial charge in [-0.3, -0.25) is 4.79 Å². The first kappa shape index (κ1) is 13.1. The van der Waals surface area contributed by atoms with Gasteiger partial charge in [0.25, 0.3) is 5.91 Å². The minimum Gasteiger partial charge on any atom is -0.507 e. The van der Waals surface area contributed by atoms with Crippen LogP contribution in [0.25, 0.3) is 0 Å². The molecule has 4 heteroatoms. The number of carbonyl (C=O) groups is 1. The van der Waals surface area contributed by atoms with Crippen molar-refractivity contribution in [3.05, 3.63) is 59.2 Å². The second kappa shape index (κ2) is 5.54. The van der Waals surface area contributed by atoms with Crippen molar-refractivity contribution in [3.8, 4) is 5.75 Å². The van der Waals surface area contributed by atoms with E-state index >= 15 is 0 Å². The molecule has 0 atom stereocenters. The number of aryl methyl sites for hydroxylation is 1. The minimum absolute atomic E-state index is 0.0542. The maximum absolute atomic E-state index is 12.1. The number of hydrogen-bond acceptors (Lipinski definition) is 3. The monoisotopic (exact) mass is 257 g/mol. The van der Waals surface area contributed by atoms with E-state index in [0.717, 1.165) is 5.56 Å². The fourth-order valence-corrected chi connectivity index (χ4v) is 1.78. The third-order valence-electron chi connectivity index (χ3n) is 2.76. The van der Waals surface area contributed by atoms with Crippen LogP contribution < -0.4 is 5.32 Å². The van der Waals surface area contributed by atoms with E-state index in [2.05, 4.69) is 5.32 Å². The molecule has 3 N–H and O–H groups in total. The Balaban J connectivity index is 2.23. The molecule has 4 nitrogen and oxygen atoms in total. The first-order valence-corrected chi connectivity index (χ1v) is 5.91. The van der Waals surface area contributed by atoms with Crippen molar-refractivity contribution in [1.82, 2.24) is 0 Å². The molecule has 0 saturated heterocycles. The predicted molar refractivity (Wildman–Crippen MR) is 73.2 cm³/mol. The molecule has 0 aliphatic carbocycles. The van der Waals surface area contributed by atoms with E-state index in [4.69, 9.17) is 5.11 Å². The van der Waals surface area contributed by atoms with Crippen molar-refractivity contribution in [1.29, 1.82) is 0 Å². The van der Waals surface area contributed by atoms with E-state index in [0.29, 0.717) is 11.3 Å². The molecule has 1 amide bonds. The number of nitrogens with one attached hydrogen (secondary N) is 1. The number of carbonyl (C=O) groups excluding carboxylic acids is 1. The van der Waals surface area contributed by atoms with Crippen molar-refractivity contribution >= 4 is 11.6 Å². The van der Waals surface area contributed by atoms with Crippen LogP contribution >= 0.6 is 0 Å². The molecule has 0 heterocycles. The zero-order valence-electron chi connectivity index (χ0n) is 10.6. The van der Waals surface area contributed by atoms with E-state index < -0.39 is 0 Å². The van der Waals surface area contributed by atoms with E-state index in [9.17, 15) is 9.90 Å². The number of phenolic OH excluding ortho intramolecular Hbond substituents is 1. The fraction of sp³-hybridized carbons (Fsp3) is 0.133. The topological polar surface area (TPSA) is 69.6 Å². The molecule has 0 fully saturated rings. The Morgan fingerprint density at radius 2 is 2.00 bits per heavy atom. The number of phenols is 1. The molecule has 19 heavy (non-hydrogen) atoms. The van der Waals surface area contributed by atoms with Crippen molar-refractivity contribution in [2.24, 2.45) is 0 Å². The summed E-state index contributed by atoms with van der Waals surface area (Å²) in [5.41, 5.74) is 2.42. The van der Waals surface area contributed by atoms with Gasteiger partial charge in [0.1, 0.15) is 5.75 Å². The smallest absolute Gasteiger partial charge is 0.259 e. The fourth-order valence-electron chi connectivity index (χ4n) is 1.78. The summed E-state index contributed by atoms with van der Waals surface area (Å²) in [6.07, 6.45) is 0. The molecule has 2 aromatic carbocycles. The van der Waals surface area contributed by atoms with Crippen LogP contribution in [0.15, 0.2) is 42.5 Å². The summed E-state index contributed by atoms with van der Waals surface area (Å²) < 4.78 is 0. The van der Waals surface area contributed by atoms with Crippen LogP contribution in [0, 0.1) is 6.92 Å². The minimum atomic E-state index is -0.378. The highest BCUT2D eigenvalue weighted by molar-refractivity contribution is 6.06. The molecule has 0 aliphatic heterocycles. The lowest BCUT2D eigenvalue weighted by Crippen LogP contribution is -2.12. The lowest BCUT2D eigenvalue weighted by Gasteiger charge is -2.08. The SMILES string of the molecule is Cc1ccc(O)c(C(=O)Nc2cccc(CO)c2)c1. The van der Waals surface area contributed by atoms with E-state index in [1.165, 1.54) is 6.07 Å². The lowest BCUT2D eigenvalue weighted by molar-refractivity contribution is 0.102. The van der Waals surface area contributed by atoms with Crippen molar-refractivity contribution in [3.63, 3.8) is 0 Å². The molecule has 0 radical (unpaired) electrons. The number of amides is 1. The van der Waals surface area contributed by atoms with Crippen molar-refractivity contribution < 1.29 is 15.0 Å². The highest BCUT2D eigenvalue weighted by Gasteiger charge is 2.11. The highest BCUT2D eigenvalue weighted by atomic mass is 16.3. The molecule has 0 bridgehead atoms. The van der Waals surface area contributed by atoms with Gasteiger partial charge in [-0.15, -0.1) is 0 Å². The maximum atomic E-state index is 12.1. The Labute approximate surface area is 111 Å². The van der Waals surface area contributed by atoms with Crippen LogP contribution in [0.4, 0.5) is 5.69 Å². The summed E-state index contributed by atoms with van der Waals surface area (Å²) in [6, 6.07) is 11.8. The Kier molecular flexibility index (Phi) is 3.82. The van der Waals surface area contributed by atoms with Gasteiger partial charge >= 0.3 is 0 Å². The van der Waals surface area contributed by atoms with Crippen LogP contribution in [0.1, 0.15) is 21.5 Å². The lowest BCUT2D eigenvalue weighted by atomic mass is 10.1. The first-order valence-electron chi connectivity index (χ1n) is 5.91. The molecule has 0 aromatic heterocycles. The Bertz CT molecular complexity index is 608. The molecule has 98 valence electrons. The summed E-state index contributed by atoms with van der Waals surface area (Å²) in [4.78, 5) is 12.1. The van der Waals surface area contributed by atoms with Gasteiger partial charge < -0.3 is 15.5 Å². The van der Waals surface area contributed by atoms with E-state index in [-0.39, 0.29) is 23.8 Å². The highest BCUT2D eigenvalue weighted by Crippen LogP contribution is 2.20. The second-order valence-corrected chi connectivity index (χ2v) is 4.33. The van der Waals surface area contributed by atoms with Crippen LogP contribution in [-0.4, -0.2) is 16.1 Å². The zero-order chi connectivity index (χ0) is 13.8. The summed E-state index contributed by atoms with van der Waals surface area (Å²) in [6.45, 7) is 1.77. The Morgan fingerprint density at radius 3 is 2.74 bits per heavy atom. The summed E-state index contributed by atoms with van der Waals surface area (Å²) in [5, 5.41) is 21.4. The number of aromatic hydroxyl groups is 1. The molecule has 2 rings (SSSR count). The largest absolute Gasteiger partial charge is 0.507 e. The van der Waals surface area contributed by atoms with Crippen molar-refractivity contribution in [2.75, 3.05) is 5.32 Å². The summed E-state index contributed by atoms with van der Waals surface area (Å²) in [7, 11) is 0. The number of benzene rings is 2. The average molecular weight is 257 g/mol. The van der Waals surface area contributed by atoms with Gasteiger partial charge in [-0.1, -0.05) is 23.8 Å². The van der Waals surface area contributed by atoms with Gasteiger partial charge in [0, 0.05) is 5.69 Å². The van der Waals surface area contributed by atoms with Gasteiger partial charge in [-0.2, -0.15) is 0 Å². The van der Waals surface area contributed by atoms with Gasteiger partial charge in [0.2, 0.25) is 0 Å². The number of aliphatic hydroxyl groups is 1. The molecule has 0 saturated carbocycles. The summed E-state index contributed by atoms with van der Waals surface area (Å²) >= 11 is 0. The van der Waals surface area contributed by atoms with E-state index in [1.807, 2.05) is 6.92 Å². The third-order valence-corrected chi connectivity index (χ3v) is 2.76. The quantitative estimate of drug-likeness (QED) is 0.791. The number of anilines is 1. The van der Waals surface area contributed by atoms with Gasteiger partial charge in [-0.25, -0.2) is 0 Å².